The van der Waals surface area contributed by atoms with Crippen LogP contribution in [0.25, 0.3) is 0 Å². The van der Waals surface area contributed by atoms with Crippen molar-refractivity contribution in [3.05, 3.63) is 29.8 Å². The van der Waals surface area contributed by atoms with Gasteiger partial charge in [0.25, 0.3) is 10.2 Å². The molecule has 1 aromatic rings. The molecule has 0 amide bonds. The van der Waals surface area contributed by atoms with Gasteiger partial charge in [0.1, 0.15) is 5.75 Å². The summed E-state index contributed by atoms with van der Waals surface area (Å²) in [6, 6.07) is 7.82. The van der Waals surface area contributed by atoms with Crippen LogP contribution in [0, 0.1) is 0 Å². The lowest BCUT2D eigenvalue weighted by Gasteiger charge is -2.18. The molecule has 0 saturated heterocycles. The maximum absolute atomic E-state index is 11.9. The quantitative estimate of drug-likeness (QED) is 0.708. The molecule has 5 nitrogen and oxygen atoms in total. The number of aryl methyl sites for hydroxylation is 1. The third kappa shape index (κ3) is 5.11. The van der Waals surface area contributed by atoms with Crippen LogP contribution in [0.5, 0.6) is 5.75 Å². The Hall–Kier alpha value is -1.11. The summed E-state index contributed by atoms with van der Waals surface area (Å²) in [5.74, 6) is 0.830. The smallest absolute Gasteiger partial charge is 0.279 e. The largest absolute Gasteiger partial charge is 0.497 e. The van der Waals surface area contributed by atoms with Crippen molar-refractivity contribution in [1.82, 2.24) is 9.03 Å². The van der Waals surface area contributed by atoms with Crippen molar-refractivity contribution in [2.45, 2.75) is 26.7 Å². The predicted octanol–water partition coefficient (Wildman–Crippen LogP) is 1.80. The fourth-order valence-corrected chi connectivity index (χ4v) is 3.21. The highest BCUT2D eigenvalue weighted by Gasteiger charge is 2.16. The molecule has 114 valence electrons. The van der Waals surface area contributed by atoms with Gasteiger partial charge in [-0.05, 0) is 30.5 Å². The third-order valence-corrected chi connectivity index (χ3v) is 4.90. The molecule has 0 aliphatic carbocycles. The topological polar surface area (TPSA) is 58.6 Å². The van der Waals surface area contributed by atoms with Crippen LogP contribution in [0.15, 0.2) is 24.3 Å². The number of methoxy groups -OCH3 is 1. The second kappa shape index (κ2) is 8.24. The van der Waals surface area contributed by atoms with Crippen molar-refractivity contribution in [3.63, 3.8) is 0 Å². The van der Waals surface area contributed by atoms with Crippen LogP contribution < -0.4 is 9.46 Å². The van der Waals surface area contributed by atoms with E-state index in [-0.39, 0.29) is 0 Å². The zero-order valence-corrected chi connectivity index (χ0v) is 13.2. The van der Waals surface area contributed by atoms with Gasteiger partial charge in [-0.2, -0.15) is 12.7 Å². The molecule has 0 bridgehead atoms. The first-order valence-electron chi connectivity index (χ1n) is 6.91. The Labute approximate surface area is 122 Å². The molecule has 0 aromatic heterocycles. The van der Waals surface area contributed by atoms with Gasteiger partial charge < -0.3 is 4.74 Å². The van der Waals surface area contributed by atoms with Crippen LogP contribution in [0.4, 0.5) is 0 Å². The Morgan fingerprint density at radius 1 is 1.15 bits per heavy atom. The third-order valence-electron chi connectivity index (χ3n) is 3.13. The molecule has 0 spiro atoms. The van der Waals surface area contributed by atoms with E-state index in [4.69, 9.17) is 4.74 Å². The second-order valence-electron chi connectivity index (χ2n) is 4.44. The molecule has 0 heterocycles. The van der Waals surface area contributed by atoms with Gasteiger partial charge in [-0.15, -0.1) is 0 Å². The van der Waals surface area contributed by atoms with E-state index in [1.807, 2.05) is 38.1 Å². The van der Waals surface area contributed by atoms with Crippen molar-refractivity contribution in [3.8, 4) is 5.75 Å². The minimum absolute atomic E-state index is 0.449. The Morgan fingerprint density at radius 3 is 2.25 bits per heavy atom. The summed E-state index contributed by atoms with van der Waals surface area (Å²) in [6.07, 6.45) is 1.61. The van der Waals surface area contributed by atoms with Crippen LogP contribution in [0.2, 0.25) is 0 Å². The van der Waals surface area contributed by atoms with Crippen LogP contribution in [-0.4, -0.2) is 39.5 Å². The minimum Gasteiger partial charge on any atom is -0.497 e. The number of hydrogen-bond donors (Lipinski definition) is 1. The summed E-state index contributed by atoms with van der Waals surface area (Å²) in [4.78, 5) is 0. The SMILES string of the molecule is CCN(CC)S(=O)(=O)NCCCc1ccc(OC)cc1. The average Bonchev–Trinajstić information content (AvgIpc) is 2.45. The van der Waals surface area contributed by atoms with E-state index in [9.17, 15) is 8.42 Å². The highest BCUT2D eigenvalue weighted by atomic mass is 32.2. The lowest BCUT2D eigenvalue weighted by Crippen LogP contribution is -2.40. The fraction of sp³-hybridized carbons (Fsp3) is 0.571. The summed E-state index contributed by atoms with van der Waals surface area (Å²) in [6.45, 7) is 5.10. The molecule has 1 N–H and O–H groups in total. The van der Waals surface area contributed by atoms with Gasteiger partial charge in [-0.3, -0.25) is 0 Å². The molecule has 0 aliphatic rings. The van der Waals surface area contributed by atoms with E-state index in [0.717, 1.165) is 18.6 Å². The van der Waals surface area contributed by atoms with E-state index < -0.39 is 10.2 Å². The molecular weight excluding hydrogens is 276 g/mol. The molecule has 0 unspecified atom stereocenters. The molecular formula is C14H24N2O3S. The number of nitrogens with one attached hydrogen (secondary N) is 1. The van der Waals surface area contributed by atoms with E-state index >= 15 is 0 Å². The predicted molar refractivity (Wildman–Crippen MR) is 81.2 cm³/mol. The lowest BCUT2D eigenvalue weighted by atomic mass is 10.1. The fourth-order valence-electron chi connectivity index (χ4n) is 1.94. The zero-order valence-electron chi connectivity index (χ0n) is 12.4. The molecule has 0 saturated carbocycles. The number of benzene rings is 1. The second-order valence-corrected chi connectivity index (χ2v) is 6.19. The summed E-state index contributed by atoms with van der Waals surface area (Å²) in [5, 5.41) is 0. The highest BCUT2D eigenvalue weighted by molar-refractivity contribution is 7.87. The molecule has 0 atom stereocenters. The van der Waals surface area contributed by atoms with Crippen molar-refractivity contribution in [2.24, 2.45) is 0 Å². The van der Waals surface area contributed by atoms with Crippen molar-refractivity contribution in [2.75, 3.05) is 26.7 Å². The molecule has 0 radical (unpaired) electrons. The number of rotatable bonds is 9. The standard InChI is InChI=1S/C14H24N2O3S/c1-4-16(5-2)20(17,18)15-12-6-7-13-8-10-14(19-3)11-9-13/h8-11,15H,4-7,12H2,1-3H3. The summed E-state index contributed by atoms with van der Waals surface area (Å²) >= 11 is 0. The maximum Gasteiger partial charge on any atom is 0.279 e. The summed E-state index contributed by atoms with van der Waals surface area (Å²) in [7, 11) is -1.69. The number of nitrogens with zero attached hydrogens (tertiary/aromatic N) is 1. The van der Waals surface area contributed by atoms with Crippen LogP contribution in [-0.2, 0) is 16.6 Å². The molecule has 0 aliphatic heterocycles. The van der Waals surface area contributed by atoms with Gasteiger partial charge >= 0.3 is 0 Å². The van der Waals surface area contributed by atoms with E-state index in [1.165, 1.54) is 9.87 Å². The van der Waals surface area contributed by atoms with Gasteiger partial charge in [0, 0.05) is 19.6 Å². The normalized spacial score (nSPS) is 11.8. The van der Waals surface area contributed by atoms with Gasteiger partial charge in [-0.1, -0.05) is 26.0 Å². The molecule has 1 rings (SSSR count). The van der Waals surface area contributed by atoms with Crippen LogP contribution >= 0.6 is 0 Å². The van der Waals surface area contributed by atoms with E-state index in [2.05, 4.69) is 4.72 Å². The lowest BCUT2D eigenvalue weighted by molar-refractivity contribution is 0.414. The Kier molecular flexibility index (Phi) is 6.98. The summed E-state index contributed by atoms with van der Waals surface area (Å²) < 4.78 is 32.9. The highest BCUT2D eigenvalue weighted by Crippen LogP contribution is 2.12. The molecule has 0 fully saturated rings. The van der Waals surface area contributed by atoms with Crippen molar-refractivity contribution < 1.29 is 13.2 Å². The molecule has 20 heavy (non-hydrogen) atoms. The van der Waals surface area contributed by atoms with Crippen LogP contribution in [0.1, 0.15) is 25.8 Å². The van der Waals surface area contributed by atoms with Gasteiger partial charge in [0.05, 0.1) is 7.11 Å². The average molecular weight is 300 g/mol. The maximum atomic E-state index is 11.9. The van der Waals surface area contributed by atoms with Crippen molar-refractivity contribution in [1.29, 1.82) is 0 Å². The first-order chi connectivity index (χ1) is 9.53. The number of ether oxygens (including phenoxy) is 1. The Balaban J connectivity index is 2.37. The van der Waals surface area contributed by atoms with Gasteiger partial charge in [0.2, 0.25) is 0 Å². The van der Waals surface area contributed by atoms with Crippen LogP contribution in [0.3, 0.4) is 0 Å². The zero-order chi connectivity index (χ0) is 15.0. The van der Waals surface area contributed by atoms with Crippen molar-refractivity contribution >= 4 is 10.2 Å². The van der Waals surface area contributed by atoms with E-state index in [0.29, 0.717) is 19.6 Å². The Bertz CT molecular complexity index is 482. The minimum atomic E-state index is -3.32. The summed E-state index contributed by atoms with van der Waals surface area (Å²) in [5.41, 5.74) is 1.17. The number of hydrogen-bond acceptors (Lipinski definition) is 3. The monoisotopic (exact) mass is 300 g/mol. The van der Waals surface area contributed by atoms with E-state index in [1.54, 1.807) is 7.11 Å². The Morgan fingerprint density at radius 2 is 1.75 bits per heavy atom. The van der Waals surface area contributed by atoms with Gasteiger partial charge in [-0.25, -0.2) is 4.72 Å². The van der Waals surface area contributed by atoms with Gasteiger partial charge in [0.15, 0.2) is 0 Å². The molecule has 1 aromatic carbocycles. The molecule has 6 heteroatoms. The first-order valence-corrected chi connectivity index (χ1v) is 8.35. The first kappa shape index (κ1) is 16.9.